The number of nitrogens with zero attached hydrogens (tertiary/aromatic N) is 2. The van der Waals surface area contributed by atoms with E-state index in [1.54, 1.807) is 4.90 Å². The molecule has 6 nitrogen and oxygen atoms in total. The average molecular weight is 477 g/mol. The topological polar surface area (TPSA) is 66.9 Å². The summed E-state index contributed by atoms with van der Waals surface area (Å²) in [7, 11) is -5.32. The number of hydrogen-bond acceptors (Lipinski definition) is 5. The number of alkyl halides is 3. The van der Waals surface area contributed by atoms with Gasteiger partial charge in [0, 0.05) is 31.9 Å². The summed E-state index contributed by atoms with van der Waals surface area (Å²) in [6, 6.07) is 4.93. The first kappa shape index (κ1) is 24.7. The van der Waals surface area contributed by atoms with Crippen LogP contribution in [-0.2, 0) is 14.6 Å². The van der Waals surface area contributed by atoms with Gasteiger partial charge in [-0.15, -0.1) is 0 Å². The largest absolute Gasteiger partial charge is 0.501 e. The van der Waals surface area contributed by atoms with Crippen molar-refractivity contribution in [3.8, 4) is 0 Å². The molecule has 0 saturated carbocycles. The van der Waals surface area contributed by atoms with Crippen LogP contribution in [0, 0.1) is 11.8 Å². The zero-order chi connectivity index (χ0) is 23.7. The summed E-state index contributed by atoms with van der Waals surface area (Å²) in [5.74, 6) is 1.08. The van der Waals surface area contributed by atoms with Gasteiger partial charge in [0.25, 0.3) is 9.84 Å². The number of halogens is 3. The van der Waals surface area contributed by atoms with Crippen molar-refractivity contribution in [2.45, 2.75) is 62.5 Å². The number of hydrogen-bond donors (Lipinski definition) is 0. The predicted molar refractivity (Wildman–Crippen MR) is 115 cm³/mol. The Morgan fingerprint density at radius 3 is 1.81 bits per heavy atom. The highest BCUT2D eigenvalue weighted by Crippen LogP contribution is 2.35. The Bertz CT molecular complexity index is 895. The first-order chi connectivity index (χ1) is 14.8. The normalized spacial score (nSPS) is 19.8. The maximum absolute atomic E-state index is 12.7. The minimum absolute atomic E-state index is 0.262. The van der Waals surface area contributed by atoms with Crippen LogP contribution in [0.2, 0.25) is 0 Å². The molecule has 0 aromatic heterocycles. The van der Waals surface area contributed by atoms with Crippen molar-refractivity contribution < 1.29 is 31.1 Å². The van der Waals surface area contributed by atoms with E-state index in [-0.39, 0.29) is 6.09 Å². The van der Waals surface area contributed by atoms with E-state index in [2.05, 4.69) is 4.90 Å². The molecule has 1 aromatic carbocycles. The van der Waals surface area contributed by atoms with Gasteiger partial charge in [-0.25, -0.2) is 13.2 Å². The first-order valence-corrected chi connectivity index (χ1v) is 12.4. The van der Waals surface area contributed by atoms with Gasteiger partial charge in [-0.1, -0.05) is 0 Å². The Morgan fingerprint density at radius 1 is 0.906 bits per heavy atom. The molecule has 0 unspecified atom stereocenters. The monoisotopic (exact) mass is 476 g/mol. The molecule has 2 heterocycles. The minimum Gasteiger partial charge on any atom is -0.444 e. The average Bonchev–Trinajstić information content (AvgIpc) is 2.72. The Labute approximate surface area is 187 Å². The van der Waals surface area contributed by atoms with Crippen LogP contribution >= 0.6 is 0 Å². The number of rotatable bonds is 3. The summed E-state index contributed by atoms with van der Waals surface area (Å²) >= 11 is 0. The van der Waals surface area contributed by atoms with Crippen molar-refractivity contribution in [1.29, 1.82) is 0 Å². The van der Waals surface area contributed by atoms with Crippen LogP contribution in [0.4, 0.5) is 23.7 Å². The van der Waals surface area contributed by atoms with Crippen molar-refractivity contribution >= 4 is 21.6 Å². The Balaban J connectivity index is 1.50. The number of amides is 1. The fourth-order valence-corrected chi connectivity index (χ4v) is 5.24. The van der Waals surface area contributed by atoms with E-state index in [1.807, 2.05) is 20.8 Å². The van der Waals surface area contributed by atoms with Gasteiger partial charge in [0.15, 0.2) is 0 Å². The van der Waals surface area contributed by atoms with Crippen molar-refractivity contribution in [3.05, 3.63) is 24.3 Å². The van der Waals surface area contributed by atoms with E-state index in [4.69, 9.17) is 4.74 Å². The fourth-order valence-electron chi connectivity index (χ4n) is 4.48. The Hall–Kier alpha value is -1.97. The number of carbonyl (C=O) groups excluding carboxylic acids is 1. The van der Waals surface area contributed by atoms with Gasteiger partial charge in [0.2, 0.25) is 0 Å². The van der Waals surface area contributed by atoms with Crippen LogP contribution in [0.15, 0.2) is 29.2 Å². The lowest BCUT2D eigenvalue weighted by Crippen LogP contribution is -2.44. The van der Waals surface area contributed by atoms with Gasteiger partial charge in [-0.2, -0.15) is 13.2 Å². The Morgan fingerprint density at radius 2 is 1.38 bits per heavy atom. The second-order valence-corrected chi connectivity index (χ2v) is 11.5. The highest BCUT2D eigenvalue weighted by molar-refractivity contribution is 7.92. The highest BCUT2D eigenvalue weighted by Gasteiger charge is 2.46. The van der Waals surface area contributed by atoms with Gasteiger partial charge >= 0.3 is 11.6 Å². The molecule has 0 N–H and O–H groups in total. The summed E-state index contributed by atoms with van der Waals surface area (Å²) in [5, 5.41) is 0. The van der Waals surface area contributed by atoms with Crippen LogP contribution < -0.4 is 4.90 Å². The molecule has 2 aliphatic rings. The lowest BCUT2D eigenvalue weighted by atomic mass is 9.79. The van der Waals surface area contributed by atoms with Gasteiger partial charge in [-0.05, 0) is 82.6 Å². The molecule has 2 aliphatic heterocycles. The van der Waals surface area contributed by atoms with Gasteiger partial charge < -0.3 is 14.5 Å². The summed E-state index contributed by atoms with van der Waals surface area (Å²) in [4.78, 5) is 15.3. The summed E-state index contributed by atoms with van der Waals surface area (Å²) < 4.78 is 66.6. The van der Waals surface area contributed by atoms with Gasteiger partial charge in [0.05, 0.1) is 4.90 Å². The SMILES string of the molecule is CC(C)(C)OC(=O)N1CCC(C2CCN(c3ccc(S(=O)(=O)C(F)(F)F)cc3)CC2)CC1. The van der Waals surface area contributed by atoms with Crippen LogP contribution in [0.1, 0.15) is 46.5 Å². The van der Waals surface area contributed by atoms with Crippen LogP contribution in [0.25, 0.3) is 0 Å². The van der Waals surface area contributed by atoms with E-state index in [0.29, 0.717) is 24.9 Å². The van der Waals surface area contributed by atoms with E-state index >= 15 is 0 Å². The third kappa shape index (κ3) is 5.68. The summed E-state index contributed by atoms with van der Waals surface area (Å²) in [6.45, 7) is 8.48. The zero-order valence-corrected chi connectivity index (χ0v) is 19.5. The third-order valence-corrected chi connectivity index (χ3v) is 7.72. The standard InChI is InChI=1S/C22H31F3N2O4S/c1-21(2,3)31-20(28)27-14-10-17(11-15-27)16-8-12-26(13-9-16)18-4-6-19(7-5-18)32(29,30)22(23,24)25/h4-7,16-17H,8-15H2,1-3H3. The van der Waals surface area contributed by atoms with Crippen molar-refractivity contribution in [3.63, 3.8) is 0 Å². The third-order valence-electron chi connectivity index (χ3n) is 6.21. The molecule has 2 saturated heterocycles. The number of ether oxygens (including phenoxy) is 1. The lowest BCUT2D eigenvalue weighted by Gasteiger charge is -2.41. The molecular weight excluding hydrogens is 445 g/mol. The van der Waals surface area contributed by atoms with Crippen LogP contribution in [0.3, 0.4) is 0 Å². The summed E-state index contributed by atoms with van der Waals surface area (Å²) in [6.07, 6.45) is 3.53. The second-order valence-electron chi connectivity index (χ2n) is 9.57. The maximum Gasteiger partial charge on any atom is 0.501 e. The quantitative estimate of drug-likeness (QED) is 0.624. The number of piperidine rings is 2. The molecule has 0 radical (unpaired) electrons. The zero-order valence-electron chi connectivity index (χ0n) is 18.7. The number of carbonyl (C=O) groups is 1. The summed E-state index contributed by atoms with van der Waals surface area (Å²) in [5.41, 5.74) is -5.08. The molecule has 0 atom stereocenters. The van der Waals surface area contributed by atoms with E-state index in [9.17, 15) is 26.4 Å². The molecule has 0 spiro atoms. The predicted octanol–water partition coefficient (Wildman–Crippen LogP) is 4.84. The molecule has 10 heteroatoms. The van der Waals surface area contributed by atoms with E-state index in [0.717, 1.165) is 56.6 Å². The maximum atomic E-state index is 12.7. The molecule has 180 valence electrons. The van der Waals surface area contributed by atoms with Crippen molar-refractivity contribution in [1.82, 2.24) is 4.90 Å². The first-order valence-electron chi connectivity index (χ1n) is 10.9. The number of anilines is 1. The molecule has 32 heavy (non-hydrogen) atoms. The molecule has 0 bridgehead atoms. The Kier molecular flexibility index (Phi) is 7.02. The smallest absolute Gasteiger partial charge is 0.444 e. The number of benzene rings is 1. The van der Waals surface area contributed by atoms with Crippen molar-refractivity contribution in [2.24, 2.45) is 11.8 Å². The molecule has 1 aromatic rings. The number of likely N-dealkylation sites (tertiary alicyclic amines) is 1. The lowest BCUT2D eigenvalue weighted by molar-refractivity contribution is -0.0436. The van der Waals surface area contributed by atoms with Crippen molar-refractivity contribution in [2.75, 3.05) is 31.1 Å². The molecule has 1 amide bonds. The van der Waals surface area contributed by atoms with Crippen LogP contribution in [-0.4, -0.2) is 56.7 Å². The van der Waals surface area contributed by atoms with E-state index in [1.165, 1.54) is 12.1 Å². The number of sulfone groups is 1. The van der Waals surface area contributed by atoms with Crippen LogP contribution in [0.5, 0.6) is 0 Å². The van der Waals surface area contributed by atoms with Gasteiger partial charge in [0.1, 0.15) is 5.60 Å². The second kappa shape index (κ2) is 9.11. The highest BCUT2D eigenvalue weighted by atomic mass is 32.2. The fraction of sp³-hybridized carbons (Fsp3) is 0.682. The molecule has 0 aliphatic carbocycles. The van der Waals surface area contributed by atoms with Gasteiger partial charge in [-0.3, -0.25) is 0 Å². The molecule has 2 fully saturated rings. The molecule has 3 rings (SSSR count). The minimum atomic E-state index is -5.32. The van der Waals surface area contributed by atoms with E-state index < -0.39 is 25.8 Å². The molecular formula is C22H31F3N2O4S.